The number of carbonyl (C=O) groups excluding carboxylic acids is 1. The van der Waals surface area contributed by atoms with Crippen molar-refractivity contribution in [1.82, 2.24) is 0 Å². The largest absolute Gasteiger partial charge is 0.326 e. The maximum atomic E-state index is 13.3. The van der Waals surface area contributed by atoms with E-state index >= 15 is 0 Å². The van der Waals surface area contributed by atoms with Crippen LogP contribution in [-0.4, -0.2) is 26.6 Å². The number of sulfonamides is 1. The van der Waals surface area contributed by atoms with E-state index in [1.165, 1.54) is 23.6 Å². The van der Waals surface area contributed by atoms with Gasteiger partial charge in [-0.05, 0) is 87.3 Å². The lowest BCUT2D eigenvalue weighted by atomic mass is 9.49. The van der Waals surface area contributed by atoms with Crippen molar-refractivity contribution in [3.63, 3.8) is 0 Å². The average molecular weight is 389 g/mol. The van der Waals surface area contributed by atoms with Crippen LogP contribution in [0.15, 0.2) is 18.2 Å². The Balaban J connectivity index is 1.40. The minimum atomic E-state index is -3.22. The molecule has 4 saturated carbocycles. The van der Waals surface area contributed by atoms with Gasteiger partial charge in [0, 0.05) is 12.2 Å². The van der Waals surface area contributed by atoms with E-state index in [4.69, 9.17) is 0 Å². The Hall–Kier alpha value is -1.56. The van der Waals surface area contributed by atoms with Gasteiger partial charge in [0.05, 0.1) is 16.9 Å². The molecule has 0 aromatic heterocycles. The minimum absolute atomic E-state index is 0.153. The van der Waals surface area contributed by atoms with Crippen LogP contribution in [0.5, 0.6) is 0 Å². The number of nitrogens with zero attached hydrogens (tertiary/aromatic N) is 1. The zero-order valence-corrected chi connectivity index (χ0v) is 16.7. The van der Waals surface area contributed by atoms with E-state index in [0.717, 1.165) is 48.3 Å². The van der Waals surface area contributed by atoms with Crippen LogP contribution in [0, 0.1) is 30.1 Å². The molecule has 1 amide bonds. The molecule has 0 radical (unpaired) electrons. The van der Waals surface area contributed by atoms with Gasteiger partial charge >= 0.3 is 0 Å². The van der Waals surface area contributed by atoms with Crippen LogP contribution in [0.3, 0.4) is 0 Å². The summed E-state index contributed by atoms with van der Waals surface area (Å²) in [7, 11) is -3.22. The van der Waals surface area contributed by atoms with Crippen molar-refractivity contribution in [3.05, 3.63) is 23.8 Å². The van der Waals surface area contributed by atoms with Gasteiger partial charge in [0.1, 0.15) is 0 Å². The van der Waals surface area contributed by atoms with Crippen molar-refractivity contribution in [2.45, 2.75) is 51.9 Å². The molecule has 5 aliphatic rings. The van der Waals surface area contributed by atoms with Gasteiger partial charge in [-0.25, -0.2) is 8.42 Å². The number of amides is 1. The zero-order chi connectivity index (χ0) is 18.8. The van der Waals surface area contributed by atoms with E-state index in [9.17, 15) is 13.2 Å². The van der Waals surface area contributed by atoms with Crippen molar-refractivity contribution in [1.29, 1.82) is 0 Å². The summed E-state index contributed by atoms with van der Waals surface area (Å²) < 4.78 is 26.1. The Labute approximate surface area is 161 Å². The molecule has 1 saturated heterocycles. The highest BCUT2D eigenvalue weighted by Crippen LogP contribution is 2.60. The summed E-state index contributed by atoms with van der Waals surface area (Å²) in [5, 5.41) is 3.16. The Morgan fingerprint density at radius 2 is 1.74 bits per heavy atom. The van der Waals surface area contributed by atoms with Gasteiger partial charge in [0.15, 0.2) is 0 Å². The average Bonchev–Trinajstić information content (AvgIpc) is 2.94. The van der Waals surface area contributed by atoms with Crippen molar-refractivity contribution in [2.75, 3.05) is 21.9 Å². The first-order chi connectivity index (χ1) is 12.8. The Bertz CT molecular complexity index is 857. The predicted molar refractivity (Wildman–Crippen MR) is 106 cm³/mol. The molecule has 4 bridgehead atoms. The molecule has 1 aromatic carbocycles. The summed E-state index contributed by atoms with van der Waals surface area (Å²) in [6, 6.07) is 5.66. The van der Waals surface area contributed by atoms with E-state index < -0.39 is 10.0 Å². The molecule has 0 unspecified atom stereocenters. The van der Waals surface area contributed by atoms with Gasteiger partial charge in [-0.15, -0.1) is 0 Å². The quantitative estimate of drug-likeness (QED) is 0.859. The molecule has 4 aliphatic carbocycles. The Morgan fingerprint density at radius 3 is 2.30 bits per heavy atom. The van der Waals surface area contributed by atoms with Gasteiger partial charge in [0.25, 0.3) is 0 Å². The van der Waals surface area contributed by atoms with Crippen LogP contribution < -0.4 is 9.62 Å². The third-order valence-electron chi connectivity index (χ3n) is 7.35. The van der Waals surface area contributed by atoms with Crippen LogP contribution in [0.25, 0.3) is 0 Å². The number of rotatable bonds is 3. The lowest BCUT2D eigenvalue weighted by Crippen LogP contribution is -2.51. The SMILES string of the molecule is Cc1ccc(NC(=O)C23CC4CC(CC(C4)C2)C3)cc1N1CCCS1(=O)=O. The second-order valence-electron chi connectivity index (χ2n) is 9.39. The van der Waals surface area contributed by atoms with E-state index in [1.807, 2.05) is 25.1 Å². The third-order valence-corrected chi connectivity index (χ3v) is 9.21. The van der Waals surface area contributed by atoms with Crippen LogP contribution in [0.1, 0.15) is 50.5 Å². The molecule has 6 rings (SSSR count). The number of benzene rings is 1. The molecule has 1 aromatic rings. The Kier molecular flexibility index (Phi) is 3.87. The molecular weight excluding hydrogens is 360 g/mol. The second kappa shape index (κ2) is 5.97. The summed E-state index contributed by atoms with van der Waals surface area (Å²) in [5.41, 5.74) is 2.15. The molecule has 27 heavy (non-hydrogen) atoms. The smallest absolute Gasteiger partial charge is 0.235 e. The lowest BCUT2D eigenvalue weighted by Gasteiger charge is -2.55. The first-order valence-corrected chi connectivity index (χ1v) is 11.9. The summed E-state index contributed by atoms with van der Waals surface area (Å²) in [6.45, 7) is 2.45. The summed E-state index contributed by atoms with van der Waals surface area (Å²) >= 11 is 0. The first-order valence-electron chi connectivity index (χ1n) is 10.3. The number of anilines is 2. The maximum Gasteiger partial charge on any atom is 0.235 e. The number of carbonyl (C=O) groups is 1. The zero-order valence-electron chi connectivity index (χ0n) is 15.9. The second-order valence-corrected chi connectivity index (χ2v) is 11.4. The molecule has 0 spiro atoms. The molecule has 5 fully saturated rings. The molecule has 6 heteroatoms. The van der Waals surface area contributed by atoms with Crippen molar-refractivity contribution < 1.29 is 13.2 Å². The number of aryl methyl sites for hydroxylation is 1. The normalized spacial score (nSPS) is 36.2. The molecule has 1 N–H and O–H groups in total. The third kappa shape index (κ3) is 2.87. The number of hydrogen-bond donors (Lipinski definition) is 1. The summed E-state index contributed by atoms with van der Waals surface area (Å²) in [6.07, 6.45) is 7.69. The molecule has 0 atom stereocenters. The van der Waals surface area contributed by atoms with Crippen LogP contribution in [0.2, 0.25) is 0 Å². The molecule has 146 valence electrons. The Morgan fingerprint density at radius 1 is 1.11 bits per heavy atom. The molecule has 1 heterocycles. The van der Waals surface area contributed by atoms with Crippen molar-refractivity contribution in [3.8, 4) is 0 Å². The number of nitrogens with one attached hydrogen (secondary N) is 1. The minimum Gasteiger partial charge on any atom is -0.326 e. The van der Waals surface area contributed by atoms with Gasteiger partial charge in [-0.3, -0.25) is 9.10 Å². The standard InChI is InChI=1S/C21H28N2O3S/c1-14-3-4-18(10-19(14)23-5-2-6-27(23,25)26)22-20(24)21-11-15-7-16(12-21)9-17(8-15)13-21/h3-4,10,15-17H,2,5-9,11-13H2,1H3,(H,22,24). The number of hydrogen-bond acceptors (Lipinski definition) is 3. The summed E-state index contributed by atoms with van der Waals surface area (Å²) in [4.78, 5) is 13.3. The fraction of sp³-hybridized carbons (Fsp3) is 0.667. The van der Waals surface area contributed by atoms with Gasteiger partial charge in [-0.2, -0.15) is 0 Å². The van der Waals surface area contributed by atoms with Gasteiger partial charge in [0.2, 0.25) is 15.9 Å². The highest BCUT2D eigenvalue weighted by Gasteiger charge is 2.54. The predicted octanol–water partition coefficient (Wildman–Crippen LogP) is 3.69. The van der Waals surface area contributed by atoms with Crippen LogP contribution >= 0.6 is 0 Å². The van der Waals surface area contributed by atoms with Crippen molar-refractivity contribution in [2.24, 2.45) is 23.2 Å². The van der Waals surface area contributed by atoms with E-state index in [2.05, 4.69) is 5.32 Å². The fourth-order valence-corrected chi connectivity index (χ4v) is 8.14. The highest BCUT2D eigenvalue weighted by atomic mass is 32.2. The van der Waals surface area contributed by atoms with Crippen LogP contribution in [0.4, 0.5) is 11.4 Å². The monoisotopic (exact) mass is 388 g/mol. The topological polar surface area (TPSA) is 66.5 Å². The maximum absolute atomic E-state index is 13.3. The fourth-order valence-electron chi connectivity index (χ4n) is 6.52. The van der Waals surface area contributed by atoms with E-state index in [0.29, 0.717) is 18.7 Å². The van der Waals surface area contributed by atoms with Crippen molar-refractivity contribution >= 4 is 27.3 Å². The van der Waals surface area contributed by atoms with E-state index in [-0.39, 0.29) is 17.1 Å². The highest BCUT2D eigenvalue weighted by molar-refractivity contribution is 7.93. The van der Waals surface area contributed by atoms with E-state index in [1.54, 1.807) is 0 Å². The summed E-state index contributed by atoms with van der Waals surface area (Å²) in [5.74, 6) is 2.54. The first kappa shape index (κ1) is 17.5. The lowest BCUT2D eigenvalue weighted by molar-refractivity contribution is -0.140. The van der Waals surface area contributed by atoms with Crippen LogP contribution in [-0.2, 0) is 14.8 Å². The molecule has 5 nitrogen and oxygen atoms in total. The van der Waals surface area contributed by atoms with Gasteiger partial charge in [-0.1, -0.05) is 6.07 Å². The van der Waals surface area contributed by atoms with Gasteiger partial charge < -0.3 is 5.32 Å². The molecular formula is C21H28N2O3S. The molecule has 1 aliphatic heterocycles.